The minimum absolute atomic E-state index is 0.205. The Balaban J connectivity index is 1.40. The summed E-state index contributed by atoms with van der Waals surface area (Å²) in [4.78, 5) is 33.6. The summed E-state index contributed by atoms with van der Waals surface area (Å²) in [5.74, 6) is 0.154. The number of nitrogens with zero attached hydrogens (tertiary/aromatic N) is 3. The average Bonchev–Trinajstić information content (AvgIpc) is 3.69. The highest BCUT2D eigenvalue weighted by Crippen LogP contribution is 2.36. The van der Waals surface area contributed by atoms with E-state index in [-0.39, 0.29) is 18.8 Å². The Morgan fingerprint density at radius 2 is 1.79 bits per heavy atom. The molecule has 1 atom stereocenters. The molecular formula is C34H25N3O4S2. The van der Waals surface area contributed by atoms with Crippen LogP contribution < -0.4 is 19.6 Å². The summed E-state index contributed by atoms with van der Waals surface area (Å²) in [5, 5.41) is 11.2. The lowest BCUT2D eigenvalue weighted by atomic mass is 9.97. The van der Waals surface area contributed by atoms with Crippen LogP contribution >= 0.6 is 22.7 Å². The summed E-state index contributed by atoms with van der Waals surface area (Å²) in [6, 6.07) is 29.6. The zero-order chi connectivity index (χ0) is 29.8. The molecule has 0 amide bonds. The molecule has 3 heterocycles. The molecule has 0 bridgehead atoms. The Bertz CT molecular complexity index is 2040. The maximum atomic E-state index is 13.9. The Morgan fingerprint density at radius 3 is 2.51 bits per heavy atom. The van der Waals surface area contributed by atoms with Gasteiger partial charge >= 0.3 is 5.97 Å². The van der Waals surface area contributed by atoms with E-state index in [9.17, 15) is 14.9 Å². The number of carbonyl (C=O) groups is 1. The van der Waals surface area contributed by atoms with Crippen molar-refractivity contribution in [1.82, 2.24) is 4.57 Å². The largest absolute Gasteiger partial charge is 0.489 e. The number of rotatable bonds is 8. The molecule has 0 saturated carbocycles. The molecule has 7 nitrogen and oxygen atoms in total. The minimum atomic E-state index is -0.667. The van der Waals surface area contributed by atoms with Gasteiger partial charge in [0.25, 0.3) is 5.56 Å². The number of esters is 1. The summed E-state index contributed by atoms with van der Waals surface area (Å²) in [6.07, 6.45) is 1.82. The van der Waals surface area contributed by atoms with Crippen LogP contribution in [0.1, 0.15) is 40.1 Å². The van der Waals surface area contributed by atoms with Gasteiger partial charge in [-0.1, -0.05) is 78.1 Å². The van der Waals surface area contributed by atoms with E-state index in [1.54, 1.807) is 17.6 Å². The van der Waals surface area contributed by atoms with Crippen LogP contribution in [0.15, 0.2) is 112 Å². The highest BCUT2D eigenvalue weighted by atomic mass is 32.1. The second-order valence-electron chi connectivity index (χ2n) is 9.57. The fourth-order valence-corrected chi connectivity index (χ4v) is 6.71. The highest BCUT2D eigenvalue weighted by molar-refractivity contribution is 7.10. The monoisotopic (exact) mass is 603 g/mol. The van der Waals surface area contributed by atoms with E-state index in [1.807, 2.05) is 96.4 Å². The Hall–Kier alpha value is -5.04. The van der Waals surface area contributed by atoms with Crippen molar-refractivity contribution in [1.29, 1.82) is 5.26 Å². The molecule has 5 aromatic rings. The molecule has 0 N–H and O–H groups in total. The first kappa shape index (κ1) is 28.1. The van der Waals surface area contributed by atoms with Crippen molar-refractivity contribution in [3.05, 3.63) is 149 Å². The van der Waals surface area contributed by atoms with Crippen molar-refractivity contribution in [2.45, 2.75) is 19.6 Å². The first-order valence-corrected chi connectivity index (χ1v) is 15.3. The molecular weight excluding hydrogens is 579 g/mol. The molecule has 0 fully saturated rings. The molecule has 1 aliphatic rings. The van der Waals surface area contributed by atoms with Crippen LogP contribution in [-0.4, -0.2) is 17.1 Å². The number of carbonyl (C=O) groups excluding carboxylic acids is 1. The zero-order valence-corrected chi connectivity index (χ0v) is 24.7. The smallest absolute Gasteiger partial charge is 0.338 e. The summed E-state index contributed by atoms with van der Waals surface area (Å²) in [7, 11) is 0. The van der Waals surface area contributed by atoms with E-state index in [0.29, 0.717) is 31.9 Å². The van der Waals surface area contributed by atoms with Crippen LogP contribution in [0.3, 0.4) is 0 Å². The van der Waals surface area contributed by atoms with E-state index >= 15 is 0 Å². The van der Waals surface area contributed by atoms with Gasteiger partial charge in [0.05, 0.1) is 34.0 Å². The fraction of sp³-hybridized carbons (Fsp3) is 0.118. The predicted molar refractivity (Wildman–Crippen MR) is 167 cm³/mol. The van der Waals surface area contributed by atoms with Gasteiger partial charge in [-0.05, 0) is 48.2 Å². The summed E-state index contributed by atoms with van der Waals surface area (Å²) in [5.41, 5.74) is 3.60. The number of thiazole rings is 1. The number of benzene rings is 3. The SMILES string of the molecule is CCOC(=O)C1=C(c2ccccc2)N=c2s/c(=C\c3ccc(OCc4ccccc4C#N)cc3)c(=O)n2C1c1cccs1. The third kappa shape index (κ3) is 5.71. The lowest BCUT2D eigenvalue weighted by Crippen LogP contribution is -2.39. The lowest BCUT2D eigenvalue weighted by Gasteiger charge is -2.24. The van der Waals surface area contributed by atoms with Crippen molar-refractivity contribution in [2.75, 3.05) is 6.61 Å². The van der Waals surface area contributed by atoms with E-state index in [1.165, 1.54) is 22.7 Å². The van der Waals surface area contributed by atoms with Crippen LogP contribution in [0.2, 0.25) is 0 Å². The van der Waals surface area contributed by atoms with Crippen molar-refractivity contribution in [3.8, 4) is 11.8 Å². The summed E-state index contributed by atoms with van der Waals surface area (Å²) in [6.45, 7) is 2.24. The maximum absolute atomic E-state index is 13.9. The van der Waals surface area contributed by atoms with Crippen LogP contribution in [-0.2, 0) is 16.1 Å². The van der Waals surface area contributed by atoms with Gasteiger partial charge in [-0.25, -0.2) is 9.79 Å². The number of thiophene rings is 1. The molecule has 9 heteroatoms. The predicted octanol–water partition coefficient (Wildman–Crippen LogP) is 5.45. The highest BCUT2D eigenvalue weighted by Gasteiger charge is 2.35. The van der Waals surface area contributed by atoms with Gasteiger partial charge in [-0.15, -0.1) is 11.3 Å². The van der Waals surface area contributed by atoms with Gasteiger partial charge in [0.2, 0.25) is 0 Å². The van der Waals surface area contributed by atoms with Crippen LogP contribution in [0.4, 0.5) is 0 Å². The number of hydrogen-bond acceptors (Lipinski definition) is 8. The molecule has 0 aliphatic carbocycles. The molecule has 212 valence electrons. The van der Waals surface area contributed by atoms with Gasteiger partial charge in [-0.3, -0.25) is 9.36 Å². The molecule has 2 aromatic heterocycles. The Labute approximate surface area is 255 Å². The van der Waals surface area contributed by atoms with Crippen molar-refractivity contribution >= 4 is 40.4 Å². The topological polar surface area (TPSA) is 93.7 Å². The third-order valence-electron chi connectivity index (χ3n) is 6.90. The van der Waals surface area contributed by atoms with E-state index in [4.69, 9.17) is 14.5 Å². The number of fused-ring (bicyclic) bond motifs is 1. The molecule has 0 spiro atoms. The first-order valence-electron chi connectivity index (χ1n) is 13.6. The van der Waals surface area contributed by atoms with E-state index in [0.717, 1.165) is 21.6 Å². The molecule has 43 heavy (non-hydrogen) atoms. The van der Waals surface area contributed by atoms with Crippen molar-refractivity contribution in [3.63, 3.8) is 0 Å². The van der Waals surface area contributed by atoms with Gasteiger partial charge in [0, 0.05) is 16.0 Å². The fourth-order valence-electron chi connectivity index (χ4n) is 4.88. The van der Waals surface area contributed by atoms with Gasteiger partial charge in [0.1, 0.15) is 18.4 Å². The van der Waals surface area contributed by atoms with E-state index < -0.39 is 12.0 Å². The molecule has 6 rings (SSSR count). The van der Waals surface area contributed by atoms with Crippen molar-refractivity contribution in [2.24, 2.45) is 4.99 Å². The van der Waals surface area contributed by atoms with Crippen LogP contribution in [0, 0.1) is 11.3 Å². The average molecular weight is 604 g/mol. The molecule has 0 saturated heterocycles. The second-order valence-corrected chi connectivity index (χ2v) is 11.6. The molecule has 1 aliphatic heterocycles. The normalized spacial score (nSPS) is 14.5. The standard InChI is InChI=1S/C34H25N3O4S2/c1-2-40-33(39)29-30(23-9-4-3-5-10-23)36-34-37(31(29)27-13-8-18-42-27)32(38)28(43-34)19-22-14-16-26(17-15-22)41-21-25-12-7-6-11-24(25)20-35/h3-19,31H,2,21H2,1H3/b28-19-. The van der Waals surface area contributed by atoms with Crippen LogP contribution in [0.25, 0.3) is 11.8 Å². The summed E-state index contributed by atoms with van der Waals surface area (Å²) < 4.78 is 13.5. The van der Waals surface area contributed by atoms with Gasteiger partial charge in [-0.2, -0.15) is 5.26 Å². The van der Waals surface area contributed by atoms with Gasteiger partial charge < -0.3 is 9.47 Å². The Kier molecular flexibility index (Phi) is 8.13. The number of aromatic nitrogens is 1. The number of ether oxygens (including phenoxy) is 2. The third-order valence-corrected chi connectivity index (χ3v) is 8.80. The van der Waals surface area contributed by atoms with Crippen molar-refractivity contribution < 1.29 is 14.3 Å². The number of nitriles is 1. The molecule has 3 aromatic carbocycles. The summed E-state index contributed by atoms with van der Waals surface area (Å²) >= 11 is 2.76. The van der Waals surface area contributed by atoms with Crippen LogP contribution in [0.5, 0.6) is 5.75 Å². The minimum Gasteiger partial charge on any atom is -0.489 e. The molecule has 1 unspecified atom stereocenters. The molecule has 0 radical (unpaired) electrons. The quantitative estimate of drug-likeness (QED) is 0.220. The van der Waals surface area contributed by atoms with E-state index in [2.05, 4.69) is 6.07 Å². The second kappa shape index (κ2) is 12.4. The zero-order valence-electron chi connectivity index (χ0n) is 23.1. The number of hydrogen-bond donors (Lipinski definition) is 0. The Morgan fingerprint density at radius 1 is 1.02 bits per heavy atom. The maximum Gasteiger partial charge on any atom is 0.338 e. The lowest BCUT2D eigenvalue weighted by molar-refractivity contribution is -0.138. The van der Waals surface area contributed by atoms with Gasteiger partial charge in [0.15, 0.2) is 4.80 Å². The first-order chi connectivity index (χ1) is 21.1.